The predicted octanol–water partition coefficient (Wildman–Crippen LogP) is 6.44. The Morgan fingerprint density at radius 3 is 2.31 bits per heavy atom. The number of aromatic amines is 1. The summed E-state index contributed by atoms with van der Waals surface area (Å²) in [5.74, 6) is 0.977. The largest absolute Gasteiger partial charge is 0.299 e. The molecule has 0 aliphatic heterocycles. The number of aryl methyl sites for hydroxylation is 2. The zero-order chi connectivity index (χ0) is 23.7. The van der Waals surface area contributed by atoms with Crippen molar-refractivity contribution in [2.24, 2.45) is 11.3 Å². The van der Waals surface area contributed by atoms with Crippen molar-refractivity contribution in [2.45, 2.75) is 80.1 Å². The van der Waals surface area contributed by atoms with Crippen LogP contribution in [0.1, 0.15) is 80.8 Å². The molecule has 0 fully saturated rings. The van der Waals surface area contributed by atoms with Crippen LogP contribution in [0.4, 0.5) is 0 Å². The second-order valence-electron chi connectivity index (χ2n) is 9.99. The highest BCUT2D eigenvalue weighted by atomic mass is 32.1. The Morgan fingerprint density at radius 2 is 1.78 bits per heavy atom. The van der Waals surface area contributed by atoms with E-state index in [-0.39, 0.29) is 16.7 Å². The van der Waals surface area contributed by atoms with Crippen LogP contribution in [0.5, 0.6) is 0 Å². The van der Waals surface area contributed by atoms with E-state index < -0.39 is 0 Å². The molecule has 2 heterocycles. The number of aromatic nitrogens is 4. The standard InChI is InChI=1S/C26H36N4OS/c1-9-26(10-2,19-11-12-20(16(3)13-19)24-27-29-30-28-24)22-15-17(4)21(32-22)14-18(5)23(31)25(6,7)8/h11-13,15,18H,9-10,14H2,1-8H3,(H,27,28,29,30). The van der Waals surface area contributed by atoms with E-state index >= 15 is 0 Å². The van der Waals surface area contributed by atoms with Gasteiger partial charge in [-0.1, -0.05) is 59.7 Å². The normalized spacial score (nSPS) is 13.4. The first kappa shape index (κ1) is 24.3. The Hall–Kier alpha value is -2.34. The molecule has 5 nitrogen and oxygen atoms in total. The van der Waals surface area contributed by atoms with Gasteiger partial charge in [0.1, 0.15) is 5.78 Å². The zero-order valence-electron chi connectivity index (χ0n) is 20.7. The van der Waals surface area contributed by atoms with E-state index in [4.69, 9.17) is 0 Å². The van der Waals surface area contributed by atoms with E-state index in [2.05, 4.69) is 79.5 Å². The highest BCUT2D eigenvalue weighted by Gasteiger charge is 2.34. The first-order chi connectivity index (χ1) is 15.0. The number of benzene rings is 1. The number of Topliss-reactive ketones (excluding diaryl/α,β-unsaturated/α-hetero) is 1. The van der Waals surface area contributed by atoms with Gasteiger partial charge >= 0.3 is 0 Å². The average Bonchev–Trinajstić information content (AvgIpc) is 3.39. The van der Waals surface area contributed by atoms with Gasteiger partial charge in [-0.2, -0.15) is 5.21 Å². The quantitative estimate of drug-likeness (QED) is 0.426. The van der Waals surface area contributed by atoms with Gasteiger partial charge in [-0.3, -0.25) is 4.79 Å². The highest BCUT2D eigenvalue weighted by molar-refractivity contribution is 7.12. The smallest absolute Gasteiger partial charge is 0.204 e. The second kappa shape index (κ2) is 9.26. The van der Waals surface area contributed by atoms with Crippen molar-refractivity contribution < 1.29 is 4.79 Å². The van der Waals surface area contributed by atoms with Crippen LogP contribution in [-0.2, 0) is 16.6 Å². The number of rotatable bonds is 8. The summed E-state index contributed by atoms with van der Waals surface area (Å²) in [5.41, 5.74) is 4.41. The molecule has 0 radical (unpaired) electrons. The number of H-pyrrole nitrogens is 1. The lowest BCUT2D eigenvalue weighted by Gasteiger charge is -2.32. The van der Waals surface area contributed by atoms with Crippen LogP contribution in [0.2, 0.25) is 0 Å². The molecule has 0 aliphatic rings. The van der Waals surface area contributed by atoms with Crippen molar-refractivity contribution in [3.8, 4) is 11.4 Å². The van der Waals surface area contributed by atoms with Crippen LogP contribution in [0.25, 0.3) is 11.4 Å². The van der Waals surface area contributed by atoms with Gasteiger partial charge in [0.2, 0.25) is 5.82 Å². The van der Waals surface area contributed by atoms with Crippen LogP contribution in [0.15, 0.2) is 24.3 Å². The molecule has 0 amide bonds. The molecule has 3 aromatic rings. The molecule has 1 atom stereocenters. The van der Waals surface area contributed by atoms with Gasteiger partial charge in [0.25, 0.3) is 0 Å². The fraction of sp³-hybridized carbons (Fsp3) is 0.538. The van der Waals surface area contributed by atoms with E-state index in [0.717, 1.165) is 30.4 Å². The number of nitrogens with one attached hydrogen (secondary N) is 1. The molecule has 3 rings (SSSR count). The van der Waals surface area contributed by atoms with E-state index in [9.17, 15) is 4.79 Å². The SMILES string of the molecule is CCC(CC)(c1ccc(-c2nn[nH]n2)c(C)c1)c1cc(C)c(CC(C)C(=O)C(C)(C)C)s1. The van der Waals surface area contributed by atoms with Crippen molar-refractivity contribution in [1.29, 1.82) is 0 Å². The maximum atomic E-state index is 12.8. The lowest BCUT2D eigenvalue weighted by molar-refractivity contribution is -0.129. The third-order valence-electron chi connectivity index (χ3n) is 6.74. The van der Waals surface area contributed by atoms with Gasteiger partial charge in [0.15, 0.2) is 0 Å². The number of nitrogens with zero attached hydrogens (tertiary/aromatic N) is 3. The molecule has 172 valence electrons. The Bertz CT molecular complexity index is 1070. The summed E-state index contributed by atoms with van der Waals surface area (Å²) in [6.45, 7) is 16.9. The molecular formula is C26H36N4OS. The number of hydrogen-bond donors (Lipinski definition) is 1. The van der Waals surface area contributed by atoms with Crippen LogP contribution >= 0.6 is 11.3 Å². The van der Waals surface area contributed by atoms with Gasteiger partial charge in [-0.25, -0.2) is 0 Å². The van der Waals surface area contributed by atoms with E-state index in [1.165, 1.54) is 20.9 Å². The van der Waals surface area contributed by atoms with Crippen LogP contribution in [0.3, 0.4) is 0 Å². The lowest BCUT2D eigenvalue weighted by atomic mass is 9.73. The first-order valence-electron chi connectivity index (χ1n) is 11.5. The van der Waals surface area contributed by atoms with Crippen molar-refractivity contribution >= 4 is 17.1 Å². The second-order valence-corrected chi connectivity index (χ2v) is 11.1. The molecule has 0 saturated carbocycles. The van der Waals surface area contributed by atoms with E-state index in [0.29, 0.717) is 11.6 Å². The third kappa shape index (κ3) is 4.56. The van der Waals surface area contributed by atoms with Gasteiger partial charge < -0.3 is 0 Å². The van der Waals surface area contributed by atoms with Crippen molar-refractivity contribution in [3.63, 3.8) is 0 Å². The molecular weight excluding hydrogens is 416 g/mol. The molecule has 0 spiro atoms. The summed E-state index contributed by atoms with van der Waals surface area (Å²) in [5, 5.41) is 14.5. The van der Waals surface area contributed by atoms with Crippen LogP contribution < -0.4 is 0 Å². The number of carbonyl (C=O) groups excluding carboxylic acids is 1. The van der Waals surface area contributed by atoms with Crippen molar-refractivity contribution in [2.75, 3.05) is 0 Å². The summed E-state index contributed by atoms with van der Waals surface area (Å²) < 4.78 is 0. The van der Waals surface area contributed by atoms with Crippen molar-refractivity contribution in [3.05, 3.63) is 50.7 Å². The molecule has 0 saturated heterocycles. The maximum Gasteiger partial charge on any atom is 0.204 e. The molecule has 0 bridgehead atoms. The fourth-order valence-corrected chi connectivity index (χ4v) is 6.36. The van der Waals surface area contributed by atoms with Crippen LogP contribution in [-0.4, -0.2) is 26.4 Å². The summed E-state index contributed by atoms with van der Waals surface area (Å²) in [6.07, 6.45) is 2.84. The minimum atomic E-state index is -0.304. The monoisotopic (exact) mass is 452 g/mol. The molecule has 2 aromatic heterocycles. The fourth-order valence-electron chi connectivity index (χ4n) is 4.71. The summed E-state index contributed by atoms with van der Waals surface area (Å²) in [7, 11) is 0. The highest BCUT2D eigenvalue weighted by Crippen LogP contribution is 2.44. The number of tetrazole rings is 1. The Morgan fingerprint density at radius 1 is 1.09 bits per heavy atom. The van der Waals surface area contributed by atoms with Crippen molar-refractivity contribution in [1.82, 2.24) is 20.6 Å². The van der Waals surface area contributed by atoms with Gasteiger partial charge in [-0.15, -0.1) is 21.5 Å². The van der Waals surface area contributed by atoms with E-state index in [1.54, 1.807) is 0 Å². The summed E-state index contributed by atoms with van der Waals surface area (Å²) >= 11 is 1.88. The lowest BCUT2D eigenvalue weighted by Crippen LogP contribution is -2.27. The summed E-state index contributed by atoms with van der Waals surface area (Å²) in [6, 6.07) is 8.95. The molecule has 0 aliphatic carbocycles. The number of thiophene rings is 1. The Labute approximate surface area is 196 Å². The molecule has 6 heteroatoms. The zero-order valence-corrected chi connectivity index (χ0v) is 21.5. The molecule has 1 N–H and O–H groups in total. The topological polar surface area (TPSA) is 71.5 Å². The minimum absolute atomic E-state index is 0.0225. The minimum Gasteiger partial charge on any atom is -0.299 e. The van der Waals surface area contributed by atoms with Gasteiger partial charge in [0, 0.05) is 32.1 Å². The third-order valence-corrected chi connectivity index (χ3v) is 8.21. The first-order valence-corrected chi connectivity index (χ1v) is 12.3. The van der Waals surface area contributed by atoms with Gasteiger partial charge in [0.05, 0.1) is 0 Å². The maximum absolute atomic E-state index is 12.8. The average molecular weight is 453 g/mol. The number of carbonyl (C=O) groups is 1. The molecule has 1 unspecified atom stereocenters. The number of hydrogen-bond acceptors (Lipinski definition) is 5. The summed E-state index contributed by atoms with van der Waals surface area (Å²) in [4.78, 5) is 15.5. The van der Waals surface area contributed by atoms with Gasteiger partial charge in [-0.05, 0) is 61.1 Å². The van der Waals surface area contributed by atoms with E-state index in [1.807, 2.05) is 32.1 Å². The Balaban J connectivity index is 1.98. The molecule has 32 heavy (non-hydrogen) atoms. The predicted molar refractivity (Wildman–Crippen MR) is 132 cm³/mol. The number of ketones is 1. The Kier molecular flexibility index (Phi) is 7.03. The molecule has 1 aromatic carbocycles. The van der Waals surface area contributed by atoms with Crippen LogP contribution in [0, 0.1) is 25.2 Å².